The van der Waals surface area contributed by atoms with Gasteiger partial charge in [0.15, 0.2) is 5.13 Å². The van der Waals surface area contributed by atoms with Crippen LogP contribution in [-0.4, -0.2) is 54.0 Å². The molecule has 2 N–H and O–H groups in total. The minimum Gasteiger partial charge on any atom is -0.379 e. The van der Waals surface area contributed by atoms with Crippen LogP contribution in [0.2, 0.25) is 10.0 Å². The van der Waals surface area contributed by atoms with E-state index in [1.807, 2.05) is 19.2 Å². The molecule has 0 aliphatic carbocycles. The summed E-state index contributed by atoms with van der Waals surface area (Å²) in [5.41, 5.74) is 1.16. The van der Waals surface area contributed by atoms with Gasteiger partial charge in [0.05, 0.1) is 29.5 Å². The first-order valence-electron chi connectivity index (χ1n) is 9.64. The number of carbonyl (C=O) groups excluding carboxylic acids is 2. The van der Waals surface area contributed by atoms with Crippen molar-refractivity contribution in [2.75, 3.05) is 31.6 Å². The van der Waals surface area contributed by atoms with Gasteiger partial charge in [-0.2, -0.15) is 0 Å². The van der Waals surface area contributed by atoms with Crippen LogP contribution in [0.5, 0.6) is 0 Å². The van der Waals surface area contributed by atoms with E-state index in [1.54, 1.807) is 6.07 Å². The molecule has 162 valence electrons. The number of aromatic nitrogens is 1. The first-order chi connectivity index (χ1) is 14.3. The van der Waals surface area contributed by atoms with Crippen molar-refractivity contribution in [2.24, 2.45) is 5.92 Å². The number of hydrogen-bond acceptors (Lipinski definition) is 6. The third kappa shape index (κ3) is 6.15. The van der Waals surface area contributed by atoms with Crippen molar-refractivity contribution in [3.63, 3.8) is 0 Å². The monoisotopic (exact) mass is 470 g/mol. The molecule has 1 fully saturated rings. The normalized spacial score (nSPS) is 15.8. The number of halogens is 2. The van der Waals surface area contributed by atoms with E-state index in [0.717, 1.165) is 38.5 Å². The molecule has 0 saturated carbocycles. The number of nitrogens with zero attached hydrogens (tertiary/aromatic N) is 2. The predicted molar refractivity (Wildman–Crippen MR) is 119 cm³/mol. The molecule has 7 nitrogen and oxygen atoms in total. The third-order valence-electron chi connectivity index (χ3n) is 4.68. The van der Waals surface area contributed by atoms with E-state index in [9.17, 15) is 9.59 Å². The molecule has 1 aliphatic rings. The summed E-state index contributed by atoms with van der Waals surface area (Å²) in [4.78, 5) is 32.2. The van der Waals surface area contributed by atoms with Gasteiger partial charge in [-0.05, 0) is 24.1 Å². The molecule has 0 spiro atoms. The molecule has 1 aliphatic heterocycles. The van der Waals surface area contributed by atoms with Gasteiger partial charge < -0.3 is 15.4 Å². The lowest BCUT2D eigenvalue weighted by Crippen LogP contribution is -2.47. The first-order valence-corrected chi connectivity index (χ1v) is 11.3. The standard InChI is InChI=1S/C20H24Cl2N4O3S/c1-12(2)17(24-18(27)15-4-3-13(21)9-16(15)22)19(28)25-20-23-14(11-30-20)10-26-5-7-29-8-6-26/h3-4,9,11-12,17H,5-8,10H2,1-2H3,(H,24,27)(H,23,25,28)/t17-/m0/s1. The summed E-state index contributed by atoms with van der Waals surface area (Å²) < 4.78 is 5.35. The third-order valence-corrected chi connectivity index (χ3v) is 6.04. The summed E-state index contributed by atoms with van der Waals surface area (Å²) >= 11 is 13.4. The van der Waals surface area contributed by atoms with Crippen molar-refractivity contribution >= 4 is 51.5 Å². The van der Waals surface area contributed by atoms with Gasteiger partial charge in [-0.25, -0.2) is 4.98 Å². The van der Waals surface area contributed by atoms with Crippen LogP contribution in [0, 0.1) is 5.92 Å². The van der Waals surface area contributed by atoms with Gasteiger partial charge in [0.1, 0.15) is 6.04 Å². The first kappa shape index (κ1) is 23.0. The number of hydrogen-bond donors (Lipinski definition) is 2. The van der Waals surface area contributed by atoms with E-state index in [2.05, 4.69) is 20.5 Å². The van der Waals surface area contributed by atoms with Crippen molar-refractivity contribution < 1.29 is 14.3 Å². The van der Waals surface area contributed by atoms with Gasteiger partial charge in [0.2, 0.25) is 5.91 Å². The molecule has 3 rings (SSSR count). The summed E-state index contributed by atoms with van der Waals surface area (Å²) in [5.74, 6) is -0.888. The highest BCUT2D eigenvalue weighted by molar-refractivity contribution is 7.13. The van der Waals surface area contributed by atoms with Crippen molar-refractivity contribution in [3.8, 4) is 0 Å². The number of morpholine rings is 1. The number of anilines is 1. The van der Waals surface area contributed by atoms with E-state index >= 15 is 0 Å². The lowest BCUT2D eigenvalue weighted by atomic mass is 10.0. The second-order valence-electron chi connectivity index (χ2n) is 7.34. The smallest absolute Gasteiger partial charge is 0.253 e. The Kier molecular flexibility index (Phi) is 8.07. The lowest BCUT2D eigenvalue weighted by Gasteiger charge is -2.25. The summed E-state index contributed by atoms with van der Waals surface area (Å²) in [6.45, 7) is 7.62. The maximum absolute atomic E-state index is 12.8. The largest absolute Gasteiger partial charge is 0.379 e. The number of nitrogens with one attached hydrogen (secondary N) is 2. The van der Waals surface area contributed by atoms with E-state index in [1.165, 1.54) is 23.5 Å². The van der Waals surface area contributed by atoms with Gasteiger partial charge in [-0.1, -0.05) is 37.0 Å². The van der Waals surface area contributed by atoms with Crippen molar-refractivity contribution in [3.05, 3.63) is 44.9 Å². The van der Waals surface area contributed by atoms with Gasteiger partial charge in [0, 0.05) is 30.0 Å². The molecule has 2 heterocycles. The molecule has 0 unspecified atom stereocenters. The van der Waals surface area contributed by atoms with E-state index in [-0.39, 0.29) is 22.4 Å². The molecular weight excluding hydrogens is 447 g/mol. The van der Waals surface area contributed by atoms with Crippen LogP contribution >= 0.6 is 34.5 Å². The topological polar surface area (TPSA) is 83.6 Å². The zero-order valence-electron chi connectivity index (χ0n) is 16.8. The molecular formula is C20H24Cl2N4O3S. The summed E-state index contributed by atoms with van der Waals surface area (Å²) in [5, 5.41) is 8.69. The lowest BCUT2D eigenvalue weighted by molar-refractivity contribution is -0.118. The van der Waals surface area contributed by atoms with Crippen LogP contribution in [0.15, 0.2) is 23.6 Å². The Labute approximate surface area is 189 Å². The summed E-state index contributed by atoms with van der Waals surface area (Å²) in [6, 6.07) is 3.87. The van der Waals surface area contributed by atoms with Crippen molar-refractivity contribution in [2.45, 2.75) is 26.4 Å². The Morgan fingerprint density at radius 3 is 2.67 bits per heavy atom. The highest BCUT2D eigenvalue weighted by Crippen LogP contribution is 2.22. The zero-order valence-corrected chi connectivity index (χ0v) is 19.1. The fourth-order valence-corrected chi connectivity index (χ4v) is 4.23. The van der Waals surface area contributed by atoms with Gasteiger partial charge >= 0.3 is 0 Å². The van der Waals surface area contributed by atoms with Crippen molar-refractivity contribution in [1.82, 2.24) is 15.2 Å². The van der Waals surface area contributed by atoms with Gasteiger partial charge in [-0.3, -0.25) is 14.5 Å². The van der Waals surface area contributed by atoms with Gasteiger partial charge in [-0.15, -0.1) is 11.3 Å². The van der Waals surface area contributed by atoms with Crippen LogP contribution in [0.1, 0.15) is 29.9 Å². The molecule has 10 heteroatoms. The summed E-state index contributed by atoms with van der Waals surface area (Å²) in [6.07, 6.45) is 0. The maximum Gasteiger partial charge on any atom is 0.253 e. The fourth-order valence-electron chi connectivity index (χ4n) is 3.04. The molecule has 2 aromatic rings. The Hall–Kier alpha value is -1.71. The fraction of sp³-hybridized carbons (Fsp3) is 0.450. The van der Waals surface area contributed by atoms with E-state index in [0.29, 0.717) is 10.2 Å². The minimum atomic E-state index is -0.740. The number of benzene rings is 1. The Bertz CT molecular complexity index is 900. The van der Waals surface area contributed by atoms with Crippen molar-refractivity contribution in [1.29, 1.82) is 0 Å². The molecule has 30 heavy (non-hydrogen) atoms. The van der Waals surface area contributed by atoms with Crippen LogP contribution < -0.4 is 10.6 Å². The summed E-state index contributed by atoms with van der Waals surface area (Å²) in [7, 11) is 0. The van der Waals surface area contributed by atoms with Gasteiger partial charge in [0.25, 0.3) is 5.91 Å². The Morgan fingerprint density at radius 2 is 2.00 bits per heavy atom. The molecule has 1 aromatic carbocycles. The Balaban J connectivity index is 1.62. The molecule has 0 bridgehead atoms. The second-order valence-corrected chi connectivity index (χ2v) is 9.04. The quantitative estimate of drug-likeness (QED) is 0.644. The number of amides is 2. The van der Waals surface area contributed by atoms with Crippen LogP contribution in [0.4, 0.5) is 5.13 Å². The SMILES string of the molecule is CC(C)[C@H](NC(=O)c1ccc(Cl)cc1Cl)C(=O)Nc1nc(CN2CCOCC2)cs1. The molecule has 2 amide bonds. The van der Waals surface area contributed by atoms with Crippen LogP contribution in [0.25, 0.3) is 0 Å². The highest BCUT2D eigenvalue weighted by Gasteiger charge is 2.26. The number of thiazole rings is 1. The second kappa shape index (κ2) is 10.5. The molecule has 1 aromatic heterocycles. The number of carbonyl (C=O) groups is 2. The molecule has 0 radical (unpaired) electrons. The molecule has 1 saturated heterocycles. The van der Waals surface area contributed by atoms with Crippen LogP contribution in [0.3, 0.4) is 0 Å². The number of ether oxygens (including phenoxy) is 1. The Morgan fingerprint density at radius 1 is 1.27 bits per heavy atom. The minimum absolute atomic E-state index is 0.132. The predicted octanol–water partition coefficient (Wildman–Crippen LogP) is 3.68. The van der Waals surface area contributed by atoms with E-state index in [4.69, 9.17) is 27.9 Å². The average molecular weight is 471 g/mol. The average Bonchev–Trinajstić information content (AvgIpc) is 3.13. The highest BCUT2D eigenvalue weighted by atomic mass is 35.5. The molecule has 1 atom stereocenters. The maximum atomic E-state index is 12.8. The zero-order chi connectivity index (χ0) is 21.7. The van der Waals surface area contributed by atoms with Crippen LogP contribution in [-0.2, 0) is 16.1 Å². The number of rotatable bonds is 7. The van der Waals surface area contributed by atoms with E-state index < -0.39 is 11.9 Å².